The average Bonchev–Trinajstić information content (AvgIpc) is 2.78. The highest BCUT2D eigenvalue weighted by Crippen LogP contribution is 2.42. The van der Waals surface area contributed by atoms with E-state index >= 15 is 0 Å². The molecule has 22 heavy (non-hydrogen) atoms. The van der Waals surface area contributed by atoms with Gasteiger partial charge in [-0.25, -0.2) is 0 Å². The maximum atomic E-state index is 6.18. The molecule has 0 saturated carbocycles. The molecule has 2 fully saturated rings. The summed E-state index contributed by atoms with van der Waals surface area (Å²) in [5.74, 6) is -0.542. The standard InChI is InChI=1S/C18H24O3S/c1-5-6-14-17(22-13-9-7-12(2)8-10-13)16-15(20-14)11-19-18(3,4)21-16/h5,7-10,14-17H,1,6,11H2,2-4H3/t14-,15+,16-,17-/m0/s1. The highest BCUT2D eigenvalue weighted by atomic mass is 32.2. The Balaban J connectivity index is 1.80. The highest BCUT2D eigenvalue weighted by molar-refractivity contribution is 8.00. The van der Waals surface area contributed by atoms with Crippen molar-refractivity contribution in [1.82, 2.24) is 0 Å². The molecule has 3 nitrogen and oxygen atoms in total. The maximum Gasteiger partial charge on any atom is 0.163 e. The third kappa shape index (κ3) is 3.40. The SMILES string of the molecule is C=CC[C@@H]1O[C@@H]2COC(C)(C)O[C@@H]2[C@H]1Sc1ccc(C)cc1. The second-order valence-electron chi connectivity index (χ2n) is 6.43. The van der Waals surface area contributed by atoms with Gasteiger partial charge in [-0.15, -0.1) is 18.3 Å². The third-order valence-electron chi connectivity index (χ3n) is 4.11. The number of hydrogen-bond acceptors (Lipinski definition) is 4. The van der Waals surface area contributed by atoms with Crippen LogP contribution in [0.3, 0.4) is 0 Å². The summed E-state index contributed by atoms with van der Waals surface area (Å²) in [6.45, 7) is 10.5. The summed E-state index contributed by atoms with van der Waals surface area (Å²) in [6, 6.07) is 8.63. The molecule has 120 valence electrons. The molecule has 2 saturated heterocycles. The van der Waals surface area contributed by atoms with Gasteiger partial charge in [0.2, 0.25) is 0 Å². The predicted octanol–water partition coefficient (Wildman–Crippen LogP) is 3.95. The Bertz CT molecular complexity index is 526. The van der Waals surface area contributed by atoms with Gasteiger partial charge in [-0.2, -0.15) is 0 Å². The molecule has 0 amide bonds. The zero-order valence-electron chi connectivity index (χ0n) is 13.5. The molecule has 2 heterocycles. The van der Waals surface area contributed by atoms with Gasteiger partial charge in [0.05, 0.1) is 18.0 Å². The summed E-state index contributed by atoms with van der Waals surface area (Å²) in [5.41, 5.74) is 1.27. The van der Waals surface area contributed by atoms with Crippen molar-refractivity contribution >= 4 is 11.8 Å². The summed E-state index contributed by atoms with van der Waals surface area (Å²) < 4.78 is 18.1. The first-order valence-electron chi connectivity index (χ1n) is 7.80. The first-order valence-corrected chi connectivity index (χ1v) is 8.68. The van der Waals surface area contributed by atoms with E-state index in [9.17, 15) is 0 Å². The van der Waals surface area contributed by atoms with Crippen molar-refractivity contribution in [1.29, 1.82) is 0 Å². The minimum absolute atomic E-state index is 0.0147. The number of fused-ring (bicyclic) bond motifs is 1. The highest BCUT2D eigenvalue weighted by Gasteiger charge is 2.50. The van der Waals surface area contributed by atoms with Crippen LogP contribution in [0.2, 0.25) is 0 Å². The summed E-state index contributed by atoms with van der Waals surface area (Å²) in [7, 11) is 0. The van der Waals surface area contributed by atoms with Crippen LogP contribution in [-0.4, -0.2) is 36.0 Å². The molecule has 2 aliphatic rings. The number of benzene rings is 1. The number of hydrogen-bond donors (Lipinski definition) is 0. The van der Waals surface area contributed by atoms with Crippen molar-refractivity contribution in [2.75, 3.05) is 6.61 Å². The Morgan fingerprint density at radius 2 is 2.05 bits per heavy atom. The Morgan fingerprint density at radius 1 is 1.32 bits per heavy atom. The van der Waals surface area contributed by atoms with Crippen molar-refractivity contribution < 1.29 is 14.2 Å². The van der Waals surface area contributed by atoms with Gasteiger partial charge in [0, 0.05) is 4.90 Å². The van der Waals surface area contributed by atoms with E-state index in [1.807, 2.05) is 31.7 Å². The Morgan fingerprint density at radius 3 is 2.73 bits per heavy atom. The van der Waals surface area contributed by atoms with Crippen LogP contribution in [0.15, 0.2) is 41.8 Å². The van der Waals surface area contributed by atoms with Gasteiger partial charge in [-0.1, -0.05) is 23.8 Å². The van der Waals surface area contributed by atoms with Crippen molar-refractivity contribution in [2.45, 2.75) is 61.4 Å². The summed E-state index contributed by atoms with van der Waals surface area (Å²) in [6.07, 6.45) is 2.95. The fourth-order valence-electron chi connectivity index (χ4n) is 3.00. The molecule has 4 atom stereocenters. The van der Waals surface area contributed by atoms with Gasteiger partial charge in [-0.3, -0.25) is 0 Å². The topological polar surface area (TPSA) is 27.7 Å². The van der Waals surface area contributed by atoms with Crippen molar-refractivity contribution in [3.8, 4) is 0 Å². The van der Waals surface area contributed by atoms with Crippen LogP contribution >= 0.6 is 11.8 Å². The van der Waals surface area contributed by atoms with Crippen LogP contribution in [0.25, 0.3) is 0 Å². The number of ether oxygens (including phenoxy) is 3. The van der Waals surface area contributed by atoms with E-state index in [0.29, 0.717) is 6.61 Å². The van der Waals surface area contributed by atoms with Gasteiger partial charge in [0.1, 0.15) is 12.2 Å². The summed E-state index contributed by atoms with van der Waals surface area (Å²) >= 11 is 1.84. The number of thioether (sulfide) groups is 1. The maximum absolute atomic E-state index is 6.18. The van der Waals surface area contributed by atoms with Gasteiger partial charge >= 0.3 is 0 Å². The summed E-state index contributed by atoms with van der Waals surface area (Å²) in [4.78, 5) is 1.25. The second kappa shape index (κ2) is 6.36. The Hall–Kier alpha value is -0.810. The lowest BCUT2D eigenvalue weighted by molar-refractivity contribution is -0.292. The quantitative estimate of drug-likeness (QED) is 0.785. The lowest BCUT2D eigenvalue weighted by atomic mass is 10.1. The smallest absolute Gasteiger partial charge is 0.163 e. The average molecular weight is 320 g/mol. The molecule has 2 aliphatic heterocycles. The molecule has 0 unspecified atom stereocenters. The van der Waals surface area contributed by atoms with E-state index in [-0.39, 0.29) is 23.6 Å². The fourth-order valence-corrected chi connectivity index (χ4v) is 4.29. The molecule has 0 N–H and O–H groups in total. The minimum Gasteiger partial charge on any atom is -0.368 e. The predicted molar refractivity (Wildman–Crippen MR) is 89.2 cm³/mol. The lowest BCUT2D eigenvalue weighted by Crippen LogP contribution is -2.49. The first-order chi connectivity index (χ1) is 10.5. The monoisotopic (exact) mass is 320 g/mol. The lowest BCUT2D eigenvalue weighted by Gasteiger charge is -2.38. The normalized spacial score (nSPS) is 33.4. The van der Waals surface area contributed by atoms with Crippen molar-refractivity contribution in [3.63, 3.8) is 0 Å². The molecule has 3 rings (SSSR count). The molecular formula is C18H24O3S. The Kier molecular flexibility index (Phi) is 4.64. The van der Waals surface area contributed by atoms with E-state index in [2.05, 4.69) is 37.8 Å². The van der Waals surface area contributed by atoms with Gasteiger partial charge < -0.3 is 14.2 Å². The zero-order chi connectivity index (χ0) is 15.7. The molecule has 0 radical (unpaired) electrons. The van der Waals surface area contributed by atoms with E-state index in [4.69, 9.17) is 14.2 Å². The molecule has 0 aliphatic carbocycles. The van der Waals surface area contributed by atoms with E-state index < -0.39 is 5.79 Å². The van der Waals surface area contributed by atoms with Crippen LogP contribution in [0.5, 0.6) is 0 Å². The largest absolute Gasteiger partial charge is 0.368 e. The zero-order valence-corrected chi connectivity index (χ0v) is 14.3. The molecule has 0 spiro atoms. The second-order valence-corrected chi connectivity index (χ2v) is 7.68. The third-order valence-corrected chi connectivity index (χ3v) is 5.50. The first kappa shape index (κ1) is 16.1. The van der Waals surface area contributed by atoms with Crippen molar-refractivity contribution in [3.05, 3.63) is 42.5 Å². The summed E-state index contributed by atoms with van der Waals surface area (Å²) in [5, 5.41) is 0.258. The van der Waals surface area contributed by atoms with Crippen LogP contribution in [-0.2, 0) is 14.2 Å². The molecule has 1 aromatic carbocycles. The van der Waals surface area contributed by atoms with E-state index in [1.165, 1.54) is 10.5 Å². The van der Waals surface area contributed by atoms with Gasteiger partial charge in [0.15, 0.2) is 5.79 Å². The molecule has 4 heteroatoms. The van der Waals surface area contributed by atoms with E-state index in [0.717, 1.165) is 6.42 Å². The number of aryl methyl sites for hydroxylation is 1. The van der Waals surface area contributed by atoms with Gasteiger partial charge in [0.25, 0.3) is 0 Å². The molecule has 0 bridgehead atoms. The van der Waals surface area contributed by atoms with Crippen LogP contribution in [0.4, 0.5) is 0 Å². The van der Waals surface area contributed by atoms with Gasteiger partial charge in [-0.05, 0) is 39.3 Å². The molecular weight excluding hydrogens is 296 g/mol. The molecule has 1 aromatic rings. The Labute approximate surface area is 137 Å². The van der Waals surface area contributed by atoms with Crippen LogP contribution < -0.4 is 0 Å². The fraction of sp³-hybridized carbons (Fsp3) is 0.556. The van der Waals surface area contributed by atoms with Crippen LogP contribution in [0, 0.1) is 6.92 Å². The van der Waals surface area contributed by atoms with Crippen LogP contribution in [0.1, 0.15) is 25.8 Å². The van der Waals surface area contributed by atoms with E-state index in [1.54, 1.807) is 0 Å². The molecule has 0 aromatic heterocycles. The number of rotatable bonds is 4. The minimum atomic E-state index is -0.542. The van der Waals surface area contributed by atoms with Crippen molar-refractivity contribution in [2.24, 2.45) is 0 Å².